The number of pyridine rings is 2. The molecule has 1 amide bonds. The third-order valence-corrected chi connectivity index (χ3v) is 8.28. The number of thioether (sulfide) groups is 1. The van der Waals surface area contributed by atoms with Crippen LogP contribution in [0.15, 0.2) is 21.8 Å². The van der Waals surface area contributed by atoms with E-state index < -0.39 is 36.0 Å². The maximum Gasteiger partial charge on any atom is 0.257 e. The molecule has 1 aromatic carbocycles. The second kappa shape index (κ2) is 9.07. The molecule has 0 saturated carbocycles. The summed E-state index contributed by atoms with van der Waals surface area (Å²) in [5.74, 6) is -0.446. The summed E-state index contributed by atoms with van der Waals surface area (Å²) in [6, 6.07) is 2.44. The van der Waals surface area contributed by atoms with Gasteiger partial charge >= 0.3 is 0 Å². The number of aldehydes is 1. The van der Waals surface area contributed by atoms with Crippen LogP contribution in [0.1, 0.15) is 40.0 Å². The zero-order valence-corrected chi connectivity index (χ0v) is 20.7. The second-order valence-electron chi connectivity index (χ2n) is 8.92. The first kappa shape index (κ1) is 24.6. The van der Waals surface area contributed by atoms with Crippen molar-refractivity contribution < 1.29 is 28.9 Å². The first-order valence-corrected chi connectivity index (χ1v) is 12.3. The lowest BCUT2D eigenvalue weighted by Crippen LogP contribution is -2.36. The quantitative estimate of drug-likeness (QED) is 0.375. The van der Waals surface area contributed by atoms with Crippen molar-refractivity contribution in [1.29, 1.82) is 0 Å². The summed E-state index contributed by atoms with van der Waals surface area (Å²) < 4.78 is 21.5. The van der Waals surface area contributed by atoms with Crippen molar-refractivity contribution in [3.63, 3.8) is 0 Å². The van der Waals surface area contributed by atoms with Crippen molar-refractivity contribution >= 4 is 34.9 Å². The molecule has 2 unspecified atom stereocenters. The number of benzene rings is 1. The molecule has 188 valence electrons. The van der Waals surface area contributed by atoms with E-state index in [-0.39, 0.29) is 24.3 Å². The molecular formula is C25H24FN3O6S. The molecule has 2 aliphatic rings. The van der Waals surface area contributed by atoms with Crippen molar-refractivity contribution in [1.82, 2.24) is 14.5 Å². The fraction of sp³-hybridized carbons (Fsp3) is 0.360. The third kappa shape index (κ3) is 3.49. The first-order chi connectivity index (χ1) is 17.2. The van der Waals surface area contributed by atoms with Gasteiger partial charge in [-0.3, -0.25) is 9.59 Å². The van der Waals surface area contributed by atoms with Gasteiger partial charge in [0, 0.05) is 52.9 Å². The summed E-state index contributed by atoms with van der Waals surface area (Å²) in [6.45, 7) is 1.09. The number of aromatic nitrogens is 2. The highest BCUT2D eigenvalue weighted by atomic mass is 32.2. The fourth-order valence-corrected chi connectivity index (χ4v) is 6.52. The van der Waals surface area contributed by atoms with Crippen molar-refractivity contribution in [3.05, 3.63) is 56.1 Å². The van der Waals surface area contributed by atoms with Crippen LogP contribution in [0.4, 0.5) is 4.39 Å². The molecule has 0 radical (unpaired) electrons. The largest absolute Gasteiger partial charge is 0.387 e. The Morgan fingerprint density at radius 3 is 2.86 bits per heavy atom. The van der Waals surface area contributed by atoms with Gasteiger partial charge in [0.25, 0.3) is 5.56 Å². The van der Waals surface area contributed by atoms with E-state index in [1.165, 1.54) is 34.4 Å². The van der Waals surface area contributed by atoms with Crippen LogP contribution < -0.4 is 5.56 Å². The van der Waals surface area contributed by atoms with Crippen LogP contribution >= 0.6 is 11.8 Å². The van der Waals surface area contributed by atoms with Gasteiger partial charge in [0.05, 0.1) is 36.1 Å². The van der Waals surface area contributed by atoms with E-state index in [4.69, 9.17) is 9.72 Å². The third-order valence-electron chi connectivity index (χ3n) is 7.00. The van der Waals surface area contributed by atoms with Gasteiger partial charge in [0.1, 0.15) is 18.5 Å². The highest BCUT2D eigenvalue weighted by Crippen LogP contribution is 2.49. The number of ether oxygens (including phenoxy) is 1. The Kier molecular flexibility index (Phi) is 6.19. The number of aliphatic hydroxyl groups is 2. The van der Waals surface area contributed by atoms with Gasteiger partial charge in [-0.2, -0.15) is 0 Å². The summed E-state index contributed by atoms with van der Waals surface area (Å²) in [6.07, 6.45) is -1.19. The van der Waals surface area contributed by atoms with Crippen LogP contribution in [-0.4, -0.2) is 63.4 Å². The number of hydrogen-bond acceptors (Lipinski definition) is 8. The number of halogens is 1. The summed E-state index contributed by atoms with van der Waals surface area (Å²) in [5, 5.41) is 20.5. The molecule has 2 aromatic heterocycles. The van der Waals surface area contributed by atoms with Gasteiger partial charge in [-0.05, 0) is 24.1 Å². The van der Waals surface area contributed by atoms with Gasteiger partial charge in [-0.25, -0.2) is 9.37 Å². The van der Waals surface area contributed by atoms with E-state index in [2.05, 4.69) is 0 Å². The Hall–Kier alpha value is -3.12. The standard InChI is InChI=1S/C25H24FN3O6S/c1-11-15(26)5-16-22-21(18(10-36-24(11)22)28(2)20(33)8-31)13-6-29-17(23(13)27-16)4-12(19(32)7-30)14(9-35-3)25(29)34/h4-5,7,18-19,31-32H,6,8-10H2,1-3H3. The van der Waals surface area contributed by atoms with E-state index in [0.717, 1.165) is 15.8 Å². The van der Waals surface area contributed by atoms with Crippen molar-refractivity contribution in [2.45, 2.75) is 37.1 Å². The van der Waals surface area contributed by atoms with Gasteiger partial charge in [0.15, 0.2) is 6.29 Å². The van der Waals surface area contributed by atoms with E-state index in [1.807, 2.05) is 0 Å². The molecule has 2 atom stereocenters. The Balaban J connectivity index is 1.85. The second-order valence-corrected chi connectivity index (χ2v) is 9.95. The molecule has 3 aromatic rings. The minimum Gasteiger partial charge on any atom is -0.387 e. The SMILES string of the molecule is COCc1c(C(O)C=O)cc2n(c1=O)Cc1c-2nc2cc(F)c(C)c3c2c1C(N(C)C(=O)CO)CS3. The number of hydrogen-bond donors (Lipinski definition) is 2. The van der Waals surface area contributed by atoms with Crippen molar-refractivity contribution in [3.8, 4) is 11.4 Å². The first-order valence-electron chi connectivity index (χ1n) is 11.3. The molecule has 0 fully saturated rings. The molecule has 2 N–H and O–H groups in total. The van der Waals surface area contributed by atoms with E-state index >= 15 is 0 Å². The Morgan fingerprint density at radius 1 is 1.44 bits per heavy atom. The van der Waals surface area contributed by atoms with Gasteiger partial charge in [0.2, 0.25) is 5.91 Å². The number of nitrogens with zero attached hydrogens (tertiary/aromatic N) is 3. The highest BCUT2D eigenvalue weighted by molar-refractivity contribution is 7.99. The number of amides is 1. The van der Waals surface area contributed by atoms with Crippen LogP contribution in [0.3, 0.4) is 0 Å². The lowest BCUT2D eigenvalue weighted by molar-refractivity contribution is -0.134. The molecule has 0 saturated heterocycles. The van der Waals surface area contributed by atoms with Crippen molar-refractivity contribution in [2.24, 2.45) is 0 Å². The average Bonchev–Trinajstić information content (AvgIpc) is 3.25. The number of likely N-dealkylation sites (N-methyl/N-ethyl adjacent to an activating group) is 1. The predicted octanol–water partition coefficient (Wildman–Crippen LogP) is 1.85. The van der Waals surface area contributed by atoms with Gasteiger partial charge in [-0.1, -0.05) is 0 Å². The molecule has 0 bridgehead atoms. The molecule has 5 rings (SSSR count). The molecule has 0 spiro atoms. The molecule has 2 aliphatic heterocycles. The maximum atomic E-state index is 14.9. The highest BCUT2D eigenvalue weighted by Gasteiger charge is 2.37. The smallest absolute Gasteiger partial charge is 0.257 e. The Morgan fingerprint density at radius 2 is 2.19 bits per heavy atom. The maximum absolute atomic E-state index is 14.9. The number of carbonyl (C=O) groups is 2. The van der Waals surface area contributed by atoms with Gasteiger partial charge < -0.3 is 29.2 Å². The molecule has 0 aliphatic carbocycles. The predicted molar refractivity (Wildman–Crippen MR) is 130 cm³/mol. The number of carbonyl (C=O) groups excluding carboxylic acids is 2. The zero-order chi connectivity index (χ0) is 25.9. The Labute approximate surface area is 209 Å². The zero-order valence-electron chi connectivity index (χ0n) is 19.9. The topological polar surface area (TPSA) is 122 Å². The van der Waals surface area contributed by atoms with E-state index in [0.29, 0.717) is 40.1 Å². The number of fused-ring (bicyclic) bond motifs is 4. The number of rotatable bonds is 6. The van der Waals surface area contributed by atoms with Gasteiger partial charge in [-0.15, -0.1) is 11.8 Å². The van der Waals surface area contributed by atoms with Crippen LogP contribution in [0, 0.1) is 12.7 Å². The Bertz CT molecular complexity index is 1500. The van der Waals surface area contributed by atoms with E-state index in [9.17, 15) is 29.0 Å². The summed E-state index contributed by atoms with van der Waals surface area (Å²) in [4.78, 5) is 44.3. The summed E-state index contributed by atoms with van der Waals surface area (Å²) in [7, 11) is 3.02. The summed E-state index contributed by atoms with van der Waals surface area (Å²) >= 11 is 1.42. The average molecular weight is 514 g/mol. The van der Waals surface area contributed by atoms with Crippen LogP contribution in [0.2, 0.25) is 0 Å². The monoisotopic (exact) mass is 513 g/mol. The minimum absolute atomic E-state index is 0.0977. The van der Waals surface area contributed by atoms with Crippen molar-refractivity contribution in [2.75, 3.05) is 26.5 Å². The molecule has 4 heterocycles. The lowest BCUT2D eigenvalue weighted by atomic mass is 9.92. The van der Waals surface area contributed by atoms with Crippen LogP contribution in [-0.2, 0) is 27.5 Å². The normalized spacial score (nSPS) is 16.6. The molecule has 11 heteroatoms. The van der Waals surface area contributed by atoms with E-state index in [1.54, 1.807) is 20.0 Å². The summed E-state index contributed by atoms with van der Waals surface area (Å²) in [5.41, 5.74) is 2.99. The van der Waals surface area contributed by atoms with Crippen LogP contribution in [0.25, 0.3) is 22.3 Å². The van der Waals surface area contributed by atoms with Crippen LogP contribution in [0.5, 0.6) is 0 Å². The minimum atomic E-state index is -1.53. The molecule has 36 heavy (non-hydrogen) atoms. The number of methoxy groups -OCH3 is 1. The fourth-order valence-electron chi connectivity index (χ4n) is 5.13. The number of aliphatic hydroxyl groups excluding tert-OH is 2. The molecule has 9 nitrogen and oxygen atoms in total. The lowest BCUT2D eigenvalue weighted by Gasteiger charge is -2.34. The molecular weight excluding hydrogens is 489 g/mol.